The topological polar surface area (TPSA) is 59.0 Å². The number of rotatable bonds is 1. The summed E-state index contributed by atoms with van der Waals surface area (Å²) in [6.45, 7) is 8.48. The predicted molar refractivity (Wildman–Crippen MR) is 59.2 cm³/mol. The summed E-state index contributed by atoms with van der Waals surface area (Å²) in [5.41, 5.74) is -0.490. The SMILES string of the molecule is C[C@H](O)[C@H]1CN(C(=O)OC(C)(C)C)CCO1. The first kappa shape index (κ1) is 13.3. The quantitative estimate of drug-likeness (QED) is 0.731. The van der Waals surface area contributed by atoms with Crippen molar-refractivity contribution >= 4 is 6.09 Å². The number of morpholine rings is 1. The van der Waals surface area contributed by atoms with Crippen molar-refractivity contribution < 1.29 is 19.4 Å². The van der Waals surface area contributed by atoms with Crippen LogP contribution in [0.1, 0.15) is 27.7 Å². The zero-order valence-corrected chi connectivity index (χ0v) is 10.4. The highest BCUT2D eigenvalue weighted by atomic mass is 16.6. The number of hydrogen-bond acceptors (Lipinski definition) is 4. The van der Waals surface area contributed by atoms with Crippen LogP contribution in [0.2, 0.25) is 0 Å². The van der Waals surface area contributed by atoms with E-state index in [2.05, 4.69) is 0 Å². The van der Waals surface area contributed by atoms with Crippen LogP contribution in [0.15, 0.2) is 0 Å². The van der Waals surface area contributed by atoms with Gasteiger partial charge in [0.05, 0.1) is 19.3 Å². The first-order valence-electron chi connectivity index (χ1n) is 5.57. The molecule has 0 spiro atoms. The van der Waals surface area contributed by atoms with E-state index in [1.807, 2.05) is 20.8 Å². The number of aliphatic hydroxyl groups is 1. The van der Waals surface area contributed by atoms with E-state index in [-0.39, 0.29) is 12.2 Å². The van der Waals surface area contributed by atoms with Gasteiger partial charge in [-0.05, 0) is 27.7 Å². The number of carbonyl (C=O) groups is 1. The van der Waals surface area contributed by atoms with Crippen molar-refractivity contribution in [3.05, 3.63) is 0 Å². The second-order valence-corrected chi connectivity index (χ2v) is 5.08. The summed E-state index contributed by atoms with van der Waals surface area (Å²) in [5.74, 6) is 0. The number of nitrogens with zero attached hydrogens (tertiary/aromatic N) is 1. The van der Waals surface area contributed by atoms with Gasteiger partial charge in [-0.2, -0.15) is 0 Å². The Morgan fingerprint density at radius 2 is 2.19 bits per heavy atom. The Hall–Kier alpha value is -0.810. The largest absolute Gasteiger partial charge is 0.444 e. The standard InChI is InChI=1S/C11H21NO4/c1-8(13)9-7-12(5-6-15-9)10(14)16-11(2,3)4/h8-9,13H,5-7H2,1-4H3/t8-,9+/m0/s1. The Kier molecular flexibility index (Phi) is 4.15. The lowest BCUT2D eigenvalue weighted by molar-refractivity contribution is -0.0841. The lowest BCUT2D eigenvalue weighted by Gasteiger charge is -2.35. The molecule has 1 heterocycles. The highest BCUT2D eigenvalue weighted by Gasteiger charge is 2.29. The molecular weight excluding hydrogens is 210 g/mol. The highest BCUT2D eigenvalue weighted by Crippen LogP contribution is 2.14. The van der Waals surface area contributed by atoms with Gasteiger partial charge in [0.1, 0.15) is 11.7 Å². The summed E-state index contributed by atoms with van der Waals surface area (Å²) < 4.78 is 10.6. The average Bonchev–Trinajstić information content (AvgIpc) is 2.15. The predicted octanol–water partition coefficient (Wildman–Crippen LogP) is 1.00. The van der Waals surface area contributed by atoms with Crippen LogP contribution in [0.3, 0.4) is 0 Å². The van der Waals surface area contributed by atoms with Gasteiger partial charge in [-0.1, -0.05) is 0 Å². The molecule has 1 amide bonds. The molecule has 0 aromatic rings. The van der Waals surface area contributed by atoms with Gasteiger partial charge in [0.15, 0.2) is 0 Å². The van der Waals surface area contributed by atoms with E-state index in [0.717, 1.165) is 0 Å². The van der Waals surface area contributed by atoms with Gasteiger partial charge in [0.2, 0.25) is 0 Å². The molecule has 0 aliphatic carbocycles. The van der Waals surface area contributed by atoms with Crippen molar-refractivity contribution in [3.8, 4) is 0 Å². The zero-order chi connectivity index (χ0) is 12.3. The molecule has 0 radical (unpaired) electrons. The van der Waals surface area contributed by atoms with E-state index >= 15 is 0 Å². The van der Waals surface area contributed by atoms with Gasteiger partial charge in [0, 0.05) is 6.54 Å². The molecule has 1 fully saturated rings. The maximum Gasteiger partial charge on any atom is 0.410 e. The molecule has 0 saturated carbocycles. The molecular formula is C11H21NO4. The summed E-state index contributed by atoms with van der Waals surface area (Å²) in [7, 11) is 0. The van der Waals surface area contributed by atoms with Gasteiger partial charge in [0.25, 0.3) is 0 Å². The molecule has 16 heavy (non-hydrogen) atoms. The van der Waals surface area contributed by atoms with E-state index in [0.29, 0.717) is 19.7 Å². The molecule has 1 N–H and O–H groups in total. The van der Waals surface area contributed by atoms with Crippen LogP contribution in [-0.4, -0.2) is 53.6 Å². The fraction of sp³-hybridized carbons (Fsp3) is 0.909. The fourth-order valence-electron chi connectivity index (χ4n) is 1.46. The molecule has 1 rings (SSSR count). The Bertz CT molecular complexity index is 247. The molecule has 1 saturated heterocycles. The van der Waals surface area contributed by atoms with E-state index < -0.39 is 11.7 Å². The monoisotopic (exact) mass is 231 g/mol. The molecule has 2 atom stereocenters. The third-order valence-corrected chi connectivity index (χ3v) is 2.28. The Labute approximate surface area is 96.3 Å². The van der Waals surface area contributed by atoms with Crippen molar-refractivity contribution in [2.45, 2.75) is 45.5 Å². The molecule has 1 aliphatic rings. The number of aliphatic hydroxyl groups excluding tert-OH is 1. The average molecular weight is 231 g/mol. The van der Waals surface area contributed by atoms with Crippen molar-refractivity contribution in [1.82, 2.24) is 4.90 Å². The molecule has 1 aliphatic heterocycles. The number of amides is 1. The summed E-state index contributed by atoms with van der Waals surface area (Å²) in [6, 6.07) is 0. The van der Waals surface area contributed by atoms with Crippen LogP contribution in [0, 0.1) is 0 Å². The van der Waals surface area contributed by atoms with E-state index in [9.17, 15) is 9.90 Å². The fourth-order valence-corrected chi connectivity index (χ4v) is 1.46. The van der Waals surface area contributed by atoms with Crippen molar-refractivity contribution in [3.63, 3.8) is 0 Å². The summed E-state index contributed by atoms with van der Waals surface area (Å²) >= 11 is 0. The third kappa shape index (κ3) is 3.98. The highest BCUT2D eigenvalue weighted by molar-refractivity contribution is 5.68. The summed E-state index contributed by atoms with van der Waals surface area (Å²) in [6.07, 6.45) is -1.24. The van der Waals surface area contributed by atoms with Crippen LogP contribution >= 0.6 is 0 Å². The minimum absolute atomic E-state index is 0.318. The first-order valence-corrected chi connectivity index (χ1v) is 5.57. The van der Waals surface area contributed by atoms with Crippen molar-refractivity contribution in [2.24, 2.45) is 0 Å². The van der Waals surface area contributed by atoms with Crippen molar-refractivity contribution in [1.29, 1.82) is 0 Å². The minimum atomic E-state index is -0.578. The molecule has 0 aromatic heterocycles. The maximum absolute atomic E-state index is 11.7. The molecule has 5 heteroatoms. The zero-order valence-electron chi connectivity index (χ0n) is 10.4. The summed E-state index contributed by atoms with van der Waals surface area (Å²) in [5, 5.41) is 9.41. The maximum atomic E-state index is 11.7. The molecule has 0 aromatic carbocycles. The van der Waals surface area contributed by atoms with Crippen molar-refractivity contribution in [2.75, 3.05) is 19.7 Å². The minimum Gasteiger partial charge on any atom is -0.444 e. The van der Waals surface area contributed by atoms with Gasteiger partial charge < -0.3 is 19.5 Å². The number of hydrogen-bond donors (Lipinski definition) is 1. The Morgan fingerprint density at radius 1 is 1.56 bits per heavy atom. The van der Waals surface area contributed by atoms with Crippen LogP contribution < -0.4 is 0 Å². The van der Waals surface area contributed by atoms with Gasteiger partial charge in [-0.3, -0.25) is 0 Å². The lowest BCUT2D eigenvalue weighted by Crippen LogP contribution is -2.50. The Morgan fingerprint density at radius 3 is 2.69 bits per heavy atom. The Balaban J connectivity index is 2.50. The van der Waals surface area contributed by atoms with Crippen LogP contribution in [0.4, 0.5) is 4.79 Å². The van der Waals surface area contributed by atoms with E-state index in [1.165, 1.54) is 0 Å². The first-order chi connectivity index (χ1) is 7.29. The normalized spacial score (nSPS) is 24.1. The molecule has 0 bridgehead atoms. The van der Waals surface area contributed by atoms with Gasteiger partial charge in [-0.25, -0.2) is 4.79 Å². The van der Waals surface area contributed by atoms with E-state index in [4.69, 9.17) is 9.47 Å². The lowest BCUT2D eigenvalue weighted by atomic mass is 10.2. The number of carbonyl (C=O) groups excluding carboxylic acids is 1. The second kappa shape index (κ2) is 5.01. The smallest absolute Gasteiger partial charge is 0.410 e. The van der Waals surface area contributed by atoms with Gasteiger partial charge in [-0.15, -0.1) is 0 Å². The third-order valence-electron chi connectivity index (χ3n) is 2.28. The number of ether oxygens (including phenoxy) is 2. The van der Waals surface area contributed by atoms with Crippen LogP contribution in [0.25, 0.3) is 0 Å². The van der Waals surface area contributed by atoms with Crippen LogP contribution in [-0.2, 0) is 9.47 Å². The summed E-state index contributed by atoms with van der Waals surface area (Å²) in [4.78, 5) is 13.3. The van der Waals surface area contributed by atoms with E-state index in [1.54, 1.807) is 11.8 Å². The van der Waals surface area contributed by atoms with Crippen LogP contribution in [0.5, 0.6) is 0 Å². The molecule has 5 nitrogen and oxygen atoms in total. The van der Waals surface area contributed by atoms with Gasteiger partial charge >= 0.3 is 6.09 Å². The molecule has 0 unspecified atom stereocenters. The molecule has 94 valence electrons. The second-order valence-electron chi connectivity index (χ2n) is 5.08.